The van der Waals surface area contributed by atoms with E-state index in [2.05, 4.69) is 15.1 Å². The van der Waals surface area contributed by atoms with Gasteiger partial charge in [0.15, 0.2) is 5.78 Å². The highest BCUT2D eigenvalue weighted by Crippen LogP contribution is 2.09. The number of ketones is 1. The number of carbonyl (C=O) groups is 1. The predicted molar refractivity (Wildman–Crippen MR) is 58.0 cm³/mol. The third-order valence-electron chi connectivity index (χ3n) is 2.89. The number of hydrogen-bond donors (Lipinski definition) is 1. The van der Waals surface area contributed by atoms with E-state index < -0.39 is 0 Å². The predicted octanol–water partition coefficient (Wildman–Crippen LogP) is 1.25. The van der Waals surface area contributed by atoms with Crippen LogP contribution in [0.2, 0.25) is 0 Å². The number of rotatable bonds is 4. The quantitative estimate of drug-likeness (QED) is 0.756. The molecule has 0 spiro atoms. The Morgan fingerprint density at radius 3 is 2.87 bits per heavy atom. The summed E-state index contributed by atoms with van der Waals surface area (Å²) >= 11 is 0. The smallest absolute Gasteiger partial charge is 0.179 e. The maximum Gasteiger partial charge on any atom is 0.179 e. The summed E-state index contributed by atoms with van der Waals surface area (Å²) in [5.74, 6) is 0.0265. The van der Waals surface area contributed by atoms with Crippen molar-refractivity contribution < 1.29 is 4.79 Å². The lowest BCUT2D eigenvalue weighted by atomic mass is 10.2. The Balaban J connectivity index is 1.84. The van der Waals surface area contributed by atoms with Crippen molar-refractivity contribution in [3.63, 3.8) is 0 Å². The van der Waals surface area contributed by atoms with E-state index in [1.807, 2.05) is 6.07 Å². The lowest BCUT2D eigenvalue weighted by Crippen LogP contribution is -2.22. The van der Waals surface area contributed by atoms with Gasteiger partial charge in [-0.15, -0.1) is 0 Å². The van der Waals surface area contributed by atoms with Crippen molar-refractivity contribution in [3.05, 3.63) is 17.5 Å². The molecule has 1 N–H and O–H groups in total. The van der Waals surface area contributed by atoms with Crippen LogP contribution in [0.4, 0.5) is 0 Å². The number of hydrogen-bond acceptors (Lipinski definition) is 3. The van der Waals surface area contributed by atoms with Crippen molar-refractivity contribution in [2.45, 2.75) is 26.2 Å². The molecular formula is C11H17N3O. The highest BCUT2D eigenvalue weighted by molar-refractivity contribution is 5.92. The van der Waals surface area contributed by atoms with Gasteiger partial charge in [-0.1, -0.05) is 0 Å². The number of nitrogens with one attached hydrogen (secondary N) is 1. The molecule has 0 radical (unpaired) electrons. The number of aromatic amines is 1. The van der Waals surface area contributed by atoms with Crippen LogP contribution in [0.15, 0.2) is 6.07 Å². The van der Waals surface area contributed by atoms with Gasteiger partial charge in [-0.05, 0) is 32.0 Å². The average Bonchev–Trinajstić information content (AvgIpc) is 2.86. The van der Waals surface area contributed by atoms with E-state index in [0.717, 1.165) is 18.7 Å². The summed E-state index contributed by atoms with van der Waals surface area (Å²) in [5.41, 5.74) is 1.61. The zero-order chi connectivity index (χ0) is 10.7. The van der Waals surface area contributed by atoms with Gasteiger partial charge < -0.3 is 4.90 Å². The van der Waals surface area contributed by atoms with Gasteiger partial charge in [0.1, 0.15) is 5.69 Å². The Labute approximate surface area is 89.7 Å². The molecular weight excluding hydrogens is 190 g/mol. The first kappa shape index (κ1) is 10.4. The van der Waals surface area contributed by atoms with E-state index >= 15 is 0 Å². The molecule has 1 aromatic rings. The molecule has 0 amide bonds. The Bertz CT molecular complexity index is 339. The number of nitrogens with zero attached hydrogens (tertiary/aromatic N) is 2. The molecule has 1 aliphatic rings. The first-order valence-electron chi connectivity index (χ1n) is 5.53. The standard InChI is InChI=1S/C11H17N3O/c1-9(15)11-8-10(12-13-11)4-7-14-5-2-3-6-14/h8H,2-7H2,1H3,(H,12,13). The SMILES string of the molecule is CC(=O)c1cc(CCN2CCCC2)[nH]n1. The van der Waals surface area contributed by atoms with Gasteiger partial charge >= 0.3 is 0 Å². The number of Topliss-reactive ketones (excluding diaryl/α,β-unsaturated/α-hetero) is 1. The van der Waals surface area contributed by atoms with Crippen LogP contribution in [0, 0.1) is 0 Å². The molecule has 0 unspecified atom stereocenters. The molecule has 1 fully saturated rings. The largest absolute Gasteiger partial charge is 0.303 e. The maximum atomic E-state index is 11.0. The van der Waals surface area contributed by atoms with Crippen molar-refractivity contribution in [3.8, 4) is 0 Å². The van der Waals surface area contributed by atoms with Gasteiger partial charge in [0.25, 0.3) is 0 Å². The van der Waals surface area contributed by atoms with Crippen molar-refractivity contribution in [2.24, 2.45) is 0 Å². The van der Waals surface area contributed by atoms with E-state index in [9.17, 15) is 4.79 Å². The second-order valence-electron chi connectivity index (χ2n) is 4.13. The molecule has 1 saturated heterocycles. The second kappa shape index (κ2) is 4.57. The van der Waals surface area contributed by atoms with Crippen LogP contribution >= 0.6 is 0 Å². The number of aromatic nitrogens is 2. The molecule has 0 bridgehead atoms. The van der Waals surface area contributed by atoms with Crippen LogP contribution in [-0.2, 0) is 6.42 Å². The lowest BCUT2D eigenvalue weighted by Gasteiger charge is -2.12. The summed E-state index contributed by atoms with van der Waals surface area (Å²) in [6, 6.07) is 1.86. The monoisotopic (exact) mass is 207 g/mol. The fourth-order valence-corrected chi connectivity index (χ4v) is 1.95. The van der Waals surface area contributed by atoms with Gasteiger partial charge in [0.05, 0.1) is 0 Å². The first-order chi connectivity index (χ1) is 7.25. The topological polar surface area (TPSA) is 49.0 Å². The van der Waals surface area contributed by atoms with E-state index in [0.29, 0.717) is 5.69 Å². The summed E-state index contributed by atoms with van der Waals surface area (Å²) < 4.78 is 0. The van der Waals surface area contributed by atoms with E-state index in [4.69, 9.17) is 0 Å². The van der Waals surface area contributed by atoms with Crippen LogP contribution in [0.25, 0.3) is 0 Å². The fraction of sp³-hybridized carbons (Fsp3) is 0.636. The van der Waals surface area contributed by atoms with Gasteiger partial charge in [-0.2, -0.15) is 5.10 Å². The Morgan fingerprint density at radius 2 is 2.27 bits per heavy atom. The molecule has 0 aliphatic carbocycles. The van der Waals surface area contributed by atoms with Gasteiger partial charge in [-0.3, -0.25) is 9.89 Å². The molecule has 4 nitrogen and oxygen atoms in total. The van der Waals surface area contributed by atoms with Crippen LogP contribution < -0.4 is 0 Å². The highest BCUT2D eigenvalue weighted by Gasteiger charge is 2.12. The third kappa shape index (κ3) is 2.65. The van der Waals surface area contributed by atoms with E-state index in [-0.39, 0.29) is 5.78 Å². The summed E-state index contributed by atoms with van der Waals surface area (Å²) in [5, 5.41) is 6.88. The Hall–Kier alpha value is -1.16. The lowest BCUT2D eigenvalue weighted by molar-refractivity contribution is 0.101. The van der Waals surface area contributed by atoms with Crippen LogP contribution in [-0.4, -0.2) is 40.5 Å². The van der Waals surface area contributed by atoms with Crippen molar-refractivity contribution in [1.82, 2.24) is 15.1 Å². The van der Waals surface area contributed by atoms with Crippen LogP contribution in [0.1, 0.15) is 35.9 Å². The average molecular weight is 207 g/mol. The minimum absolute atomic E-state index is 0.0265. The van der Waals surface area contributed by atoms with Gasteiger partial charge in [0, 0.05) is 25.6 Å². The molecule has 1 aliphatic heterocycles. The molecule has 0 saturated carbocycles. The normalized spacial score (nSPS) is 17.1. The Morgan fingerprint density at radius 1 is 1.53 bits per heavy atom. The maximum absolute atomic E-state index is 11.0. The summed E-state index contributed by atoms with van der Waals surface area (Å²) in [6.07, 6.45) is 3.60. The summed E-state index contributed by atoms with van der Waals surface area (Å²) in [7, 11) is 0. The van der Waals surface area contributed by atoms with Crippen molar-refractivity contribution in [2.75, 3.05) is 19.6 Å². The van der Waals surface area contributed by atoms with Gasteiger partial charge in [0.2, 0.25) is 0 Å². The molecule has 82 valence electrons. The molecule has 0 aromatic carbocycles. The molecule has 15 heavy (non-hydrogen) atoms. The van der Waals surface area contributed by atoms with Crippen molar-refractivity contribution >= 4 is 5.78 Å². The molecule has 2 heterocycles. The fourth-order valence-electron chi connectivity index (χ4n) is 1.95. The summed E-state index contributed by atoms with van der Waals surface area (Å²) in [6.45, 7) is 5.04. The van der Waals surface area contributed by atoms with E-state index in [1.165, 1.54) is 25.9 Å². The number of H-pyrrole nitrogens is 1. The molecule has 0 atom stereocenters. The number of carbonyl (C=O) groups excluding carboxylic acids is 1. The zero-order valence-corrected chi connectivity index (χ0v) is 9.12. The van der Waals surface area contributed by atoms with Gasteiger partial charge in [-0.25, -0.2) is 0 Å². The number of likely N-dealkylation sites (tertiary alicyclic amines) is 1. The summed E-state index contributed by atoms with van der Waals surface area (Å²) in [4.78, 5) is 13.5. The molecule has 2 rings (SSSR count). The van der Waals surface area contributed by atoms with E-state index in [1.54, 1.807) is 6.92 Å². The first-order valence-corrected chi connectivity index (χ1v) is 5.53. The van der Waals surface area contributed by atoms with Crippen molar-refractivity contribution in [1.29, 1.82) is 0 Å². The zero-order valence-electron chi connectivity index (χ0n) is 9.12. The Kier molecular flexibility index (Phi) is 3.16. The third-order valence-corrected chi connectivity index (χ3v) is 2.89. The highest BCUT2D eigenvalue weighted by atomic mass is 16.1. The van der Waals surface area contributed by atoms with Crippen LogP contribution in [0.3, 0.4) is 0 Å². The van der Waals surface area contributed by atoms with Crippen LogP contribution in [0.5, 0.6) is 0 Å². The second-order valence-corrected chi connectivity index (χ2v) is 4.13. The minimum atomic E-state index is 0.0265. The molecule has 1 aromatic heterocycles. The molecule has 4 heteroatoms. The minimum Gasteiger partial charge on any atom is -0.303 e.